The second-order valence-corrected chi connectivity index (χ2v) is 2.52. The molecule has 0 bridgehead atoms. The molecular weight excluding hydrogens is 197 g/mol. The minimum absolute atomic E-state index is 0. The van der Waals surface area contributed by atoms with Crippen LogP contribution in [0.5, 0.6) is 0 Å². The first-order valence-corrected chi connectivity index (χ1v) is 3.86. The van der Waals surface area contributed by atoms with Crippen molar-refractivity contribution in [1.29, 1.82) is 0 Å². The number of hydrogen-bond acceptors (Lipinski definition) is 3. The SMILES string of the molecule is C=CCNC(CCC(=O)O)C(=O)O.[NaH]. The van der Waals surface area contributed by atoms with Crippen LogP contribution in [-0.4, -0.2) is 64.3 Å². The molecule has 1 atom stereocenters. The Bertz CT molecular complexity index is 208. The number of nitrogens with one attached hydrogen (secondary N) is 1. The quantitative estimate of drug-likeness (QED) is 0.388. The molecule has 0 radical (unpaired) electrons. The summed E-state index contributed by atoms with van der Waals surface area (Å²) in [5, 5.41) is 19.6. The zero-order valence-corrected chi connectivity index (χ0v) is 7.19. The molecule has 0 heterocycles. The van der Waals surface area contributed by atoms with Crippen molar-refractivity contribution in [3.8, 4) is 0 Å². The molecule has 0 aliphatic heterocycles. The summed E-state index contributed by atoms with van der Waals surface area (Å²) in [5.74, 6) is -2.03. The Labute approximate surface area is 104 Å². The molecule has 14 heavy (non-hydrogen) atoms. The molecule has 0 aromatic carbocycles. The number of aliphatic carboxylic acids is 2. The second-order valence-electron chi connectivity index (χ2n) is 2.52. The van der Waals surface area contributed by atoms with Crippen LogP contribution in [0.1, 0.15) is 12.8 Å². The minimum atomic E-state index is -1.04. The van der Waals surface area contributed by atoms with Gasteiger partial charge in [0.2, 0.25) is 0 Å². The van der Waals surface area contributed by atoms with Crippen LogP contribution in [0.3, 0.4) is 0 Å². The fraction of sp³-hybridized carbons (Fsp3) is 0.500. The van der Waals surface area contributed by atoms with E-state index in [1.54, 1.807) is 0 Å². The zero-order valence-electron chi connectivity index (χ0n) is 7.19. The molecule has 0 fully saturated rings. The molecule has 0 rings (SSSR count). The Balaban J connectivity index is 0. The Morgan fingerprint density at radius 3 is 2.36 bits per heavy atom. The van der Waals surface area contributed by atoms with Crippen molar-refractivity contribution in [3.63, 3.8) is 0 Å². The van der Waals surface area contributed by atoms with Crippen LogP contribution < -0.4 is 5.32 Å². The fourth-order valence-electron chi connectivity index (χ4n) is 0.806. The number of rotatable bonds is 7. The number of carboxylic acids is 2. The normalized spacial score (nSPS) is 11.1. The fourth-order valence-corrected chi connectivity index (χ4v) is 0.806. The predicted octanol–water partition coefficient (Wildman–Crippen LogP) is -0.568. The van der Waals surface area contributed by atoms with Gasteiger partial charge in [0.1, 0.15) is 6.04 Å². The van der Waals surface area contributed by atoms with Crippen LogP contribution in [0.4, 0.5) is 0 Å². The molecule has 0 amide bonds. The van der Waals surface area contributed by atoms with E-state index >= 15 is 0 Å². The van der Waals surface area contributed by atoms with E-state index in [0.29, 0.717) is 6.54 Å². The summed E-state index contributed by atoms with van der Waals surface area (Å²) < 4.78 is 0. The Morgan fingerprint density at radius 2 is 2.00 bits per heavy atom. The molecule has 0 aliphatic carbocycles. The Hall–Kier alpha value is -0.360. The second kappa shape index (κ2) is 9.21. The maximum absolute atomic E-state index is 10.5. The Kier molecular flexibility index (Phi) is 10.6. The van der Waals surface area contributed by atoms with E-state index in [9.17, 15) is 9.59 Å². The molecule has 0 saturated heterocycles. The monoisotopic (exact) mass is 211 g/mol. The first kappa shape index (κ1) is 16.1. The summed E-state index contributed by atoms with van der Waals surface area (Å²) in [4.78, 5) is 20.7. The molecular formula is C8H14NNaO4. The average Bonchev–Trinajstić information content (AvgIpc) is 2.03. The van der Waals surface area contributed by atoms with E-state index in [-0.39, 0.29) is 42.4 Å². The van der Waals surface area contributed by atoms with Crippen molar-refractivity contribution in [2.75, 3.05) is 6.54 Å². The molecule has 1 unspecified atom stereocenters. The van der Waals surface area contributed by atoms with Crippen LogP contribution in [0.15, 0.2) is 12.7 Å². The maximum atomic E-state index is 10.5. The van der Waals surface area contributed by atoms with Gasteiger partial charge < -0.3 is 15.5 Å². The van der Waals surface area contributed by atoms with Crippen molar-refractivity contribution in [2.24, 2.45) is 0 Å². The third-order valence-corrected chi connectivity index (χ3v) is 1.45. The molecule has 5 nitrogen and oxygen atoms in total. The van der Waals surface area contributed by atoms with E-state index in [2.05, 4.69) is 11.9 Å². The van der Waals surface area contributed by atoms with Gasteiger partial charge >= 0.3 is 41.5 Å². The summed E-state index contributed by atoms with van der Waals surface area (Å²) in [6.45, 7) is 3.77. The third-order valence-electron chi connectivity index (χ3n) is 1.45. The first-order valence-electron chi connectivity index (χ1n) is 3.86. The average molecular weight is 211 g/mol. The summed E-state index contributed by atoms with van der Waals surface area (Å²) in [5.41, 5.74) is 0. The van der Waals surface area contributed by atoms with Gasteiger partial charge in [-0.15, -0.1) is 6.58 Å². The van der Waals surface area contributed by atoms with Crippen molar-refractivity contribution in [1.82, 2.24) is 5.32 Å². The van der Waals surface area contributed by atoms with Crippen molar-refractivity contribution in [2.45, 2.75) is 18.9 Å². The first-order chi connectivity index (χ1) is 6.07. The molecule has 0 saturated carbocycles. The topological polar surface area (TPSA) is 86.6 Å². The van der Waals surface area contributed by atoms with Crippen molar-refractivity contribution >= 4 is 41.5 Å². The van der Waals surface area contributed by atoms with Crippen LogP contribution in [0, 0.1) is 0 Å². The van der Waals surface area contributed by atoms with Gasteiger partial charge in [-0.1, -0.05) is 6.08 Å². The van der Waals surface area contributed by atoms with Gasteiger partial charge in [-0.25, -0.2) is 0 Å². The van der Waals surface area contributed by atoms with Gasteiger partial charge in [-0.3, -0.25) is 9.59 Å². The van der Waals surface area contributed by atoms with Crippen LogP contribution in [0.2, 0.25) is 0 Å². The number of carbonyl (C=O) groups is 2. The molecule has 0 aromatic rings. The van der Waals surface area contributed by atoms with Gasteiger partial charge in [0.25, 0.3) is 0 Å². The summed E-state index contributed by atoms with van der Waals surface area (Å²) in [6.07, 6.45) is 1.45. The molecule has 0 aromatic heterocycles. The molecule has 0 aliphatic rings. The van der Waals surface area contributed by atoms with Crippen LogP contribution in [-0.2, 0) is 9.59 Å². The van der Waals surface area contributed by atoms with Gasteiger partial charge in [-0.2, -0.15) is 0 Å². The molecule has 3 N–H and O–H groups in total. The zero-order chi connectivity index (χ0) is 10.3. The third kappa shape index (κ3) is 8.25. The van der Waals surface area contributed by atoms with Gasteiger partial charge in [0, 0.05) is 13.0 Å². The van der Waals surface area contributed by atoms with E-state index in [1.165, 1.54) is 6.08 Å². The van der Waals surface area contributed by atoms with E-state index in [1.807, 2.05) is 0 Å². The van der Waals surface area contributed by atoms with E-state index in [0.717, 1.165) is 0 Å². The predicted molar refractivity (Wildman–Crippen MR) is 53.6 cm³/mol. The Morgan fingerprint density at radius 1 is 1.43 bits per heavy atom. The molecule has 76 valence electrons. The standard InChI is InChI=1S/C8H13NO4.Na.H/c1-2-5-9-6(8(12)13)3-4-7(10)11;;/h2,6,9H,1,3-5H2,(H,10,11)(H,12,13);;. The van der Waals surface area contributed by atoms with Crippen LogP contribution >= 0.6 is 0 Å². The van der Waals surface area contributed by atoms with Crippen molar-refractivity contribution < 1.29 is 19.8 Å². The summed E-state index contributed by atoms with van der Waals surface area (Å²) in [7, 11) is 0. The van der Waals surface area contributed by atoms with Gasteiger partial charge in [-0.05, 0) is 6.42 Å². The van der Waals surface area contributed by atoms with Gasteiger partial charge in [0.15, 0.2) is 0 Å². The molecule has 0 spiro atoms. The number of hydrogen-bond donors (Lipinski definition) is 3. The van der Waals surface area contributed by atoms with E-state index in [4.69, 9.17) is 10.2 Å². The molecule has 6 heteroatoms. The summed E-state index contributed by atoms with van der Waals surface area (Å²) >= 11 is 0. The number of carboxylic acid groups (broad SMARTS) is 2. The van der Waals surface area contributed by atoms with E-state index < -0.39 is 18.0 Å². The van der Waals surface area contributed by atoms with Gasteiger partial charge in [0.05, 0.1) is 0 Å². The summed E-state index contributed by atoms with van der Waals surface area (Å²) in [6, 6.07) is -0.811. The van der Waals surface area contributed by atoms with Crippen molar-refractivity contribution in [3.05, 3.63) is 12.7 Å². The van der Waals surface area contributed by atoms with Crippen LogP contribution in [0.25, 0.3) is 0 Å².